The van der Waals surface area contributed by atoms with Crippen LogP contribution >= 0.6 is 0 Å². The SMILES string of the molecule is C=CCn1cc(C(=C)C)c2cc(-c3cnc(C)nc3)nc(C)c21. The van der Waals surface area contributed by atoms with Gasteiger partial charge in [-0.25, -0.2) is 9.97 Å². The molecule has 0 amide bonds. The smallest absolute Gasteiger partial charge is 0.125 e. The van der Waals surface area contributed by atoms with E-state index in [2.05, 4.69) is 40.0 Å². The first-order chi connectivity index (χ1) is 11.0. The Morgan fingerprint density at radius 2 is 1.96 bits per heavy atom. The average molecular weight is 304 g/mol. The molecule has 0 fully saturated rings. The Morgan fingerprint density at radius 3 is 2.57 bits per heavy atom. The molecule has 3 rings (SSSR count). The van der Waals surface area contributed by atoms with Crippen molar-refractivity contribution in [1.29, 1.82) is 0 Å². The van der Waals surface area contributed by atoms with Crippen molar-refractivity contribution in [3.05, 3.63) is 61.0 Å². The van der Waals surface area contributed by atoms with Gasteiger partial charge in [0.05, 0.1) is 16.9 Å². The summed E-state index contributed by atoms with van der Waals surface area (Å²) in [6.07, 6.45) is 7.65. The van der Waals surface area contributed by atoms with Gasteiger partial charge in [0.2, 0.25) is 0 Å². The first-order valence-corrected chi connectivity index (χ1v) is 7.57. The number of pyridine rings is 1. The monoisotopic (exact) mass is 304 g/mol. The molecule has 4 nitrogen and oxygen atoms in total. The van der Waals surface area contributed by atoms with Crippen LogP contribution < -0.4 is 0 Å². The van der Waals surface area contributed by atoms with Gasteiger partial charge in [-0.15, -0.1) is 6.58 Å². The summed E-state index contributed by atoms with van der Waals surface area (Å²) in [6.45, 7) is 14.6. The van der Waals surface area contributed by atoms with Crippen LogP contribution in [-0.4, -0.2) is 19.5 Å². The van der Waals surface area contributed by atoms with Crippen molar-refractivity contribution in [3.63, 3.8) is 0 Å². The third-order valence-corrected chi connectivity index (χ3v) is 3.89. The maximum Gasteiger partial charge on any atom is 0.125 e. The third kappa shape index (κ3) is 2.68. The highest BCUT2D eigenvalue weighted by molar-refractivity contribution is 5.95. The van der Waals surface area contributed by atoms with E-state index in [-0.39, 0.29) is 0 Å². The molecule has 0 unspecified atom stereocenters. The fraction of sp³-hybridized carbons (Fsp3) is 0.211. The predicted octanol–water partition coefficient (Wildman–Crippen LogP) is 4.33. The topological polar surface area (TPSA) is 43.6 Å². The van der Waals surface area contributed by atoms with E-state index in [1.54, 1.807) is 0 Å². The van der Waals surface area contributed by atoms with E-state index in [4.69, 9.17) is 4.98 Å². The molecule has 0 aliphatic carbocycles. The van der Waals surface area contributed by atoms with Crippen LogP contribution in [0.15, 0.2) is 43.9 Å². The molecule has 0 bridgehead atoms. The average Bonchev–Trinajstić information content (AvgIpc) is 2.88. The Morgan fingerprint density at radius 1 is 1.26 bits per heavy atom. The summed E-state index contributed by atoms with van der Waals surface area (Å²) in [5.41, 5.74) is 6.09. The number of hydrogen-bond donors (Lipinski definition) is 0. The number of rotatable bonds is 4. The molecular formula is C19H20N4. The van der Waals surface area contributed by atoms with Crippen LogP contribution in [-0.2, 0) is 6.54 Å². The van der Waals surface area contributed by atoms with E-state index in [9.17, 15) is 0 Å². The molecule has 0 saturated carbocycles. The van der Waals surface area contributed by atoms with Gasteiger partial charge in [-0.3, -0.25) is 4.98 Å². The molecule has 23 heavy (non-hydrogen) atoms. The van der Waals surface area contributed by atoms with Gasteiger partial charge in [0.1, 0.15) is 5.82 Å². The number of allylic oxidation sites excluding steroid dienone is 2. The van der Waals surface area contributed by atoms with Gasteiger partial charge in [0.25, 0.3) is 0 Å². The van der Waals surface area contributed by atoms with Gasteiger partial charge in [-0.1, -0.05) is 12.7 Å². The summed E-state index contributed by atoms with van der Waals surface area (Å²) in [7, 11) is 0. The summed E-state index contributed by atoms with van der Waals surface area (Å²) in [5.74, 6) is 0.756. The van der Waals surface area contributed by atoms with E-state index < -0.39 is 0 Å². The lowest BCUT2D eigenvalue weighted by molar-refractivity contribution is 0.857. The molecule has 0 aliphatic heterocycles. The summed E-state index contributed by atoms with van der Waals surface area (Å²) in [4.78, 5) is 13.3. The molecule has 116 valence electrons. The number of aromatic nitrogens is 4. The van der Waals surface area contributed by atoms with E-state index in [1.165, 1.54) is 0 Å². The van der Waals surface area contributed by atoms with E-state index in [0.29, 0.717) is 0 Å². The quantitative estimate of drug-likeness (QED) is 0.674. The highest BCUT2D eigenvalue weighted by atomic mass is 15.0. The molecule has 0 N–H and O–H groups in total. The Bertz CT molecular complexity index is 901. The molecule has 0 spiro atoms. The Labute approximate surface area is 136 Å². The summed E-state index contributed by atoms with van der Waals surface area (Å²) in [5, 5.41) is 1.16. The van der Waals surface area contributed by atoms with Crippen LogP contribution in [0.1, 0.15) is 24.0 Å². The van der Waals surface area contributed by atoms with Crippen LogP contribution in [0.25, 0.3) is 27.7 Å². The largest absolute Gasteiger partial charge is 0.342 e. The summed E-state index contributed by atoms with van der Waals surface area (Å²) < 4.78 is 2.17. The van der Waals surface area contributed by atoms with Crippen molar-refractivity contribution in [3.8, 4) is 11.3 Å². The molecule has 0 saturated heterocycles. The highest BCUT2D eigenvalue weighted by Crippen LogP contribution is 2.31. The first kappa shape index (κ1) is 15.2. The van der Waals surface area contributed by atoms with Crippen molar-refractivity contribution in [2.24, 2.45) is 0 Å². The van der Waals surface area contributed by atoms with Crippen LogP contribution in [0.3, 0.4) is 0 Å². The van der Waals surface area contributed by atoms with Crippen LogP contribution in [0.5, 0.6) is 0 Å². The van der Waals surface area contributed by atoms with Crippen molar-refractivity contribution in [2.75, 3.05) is 0 Å². The fourth-order valence-electron chi connectivity index (χ4n) is 2.82. The zero-order valence-corrected chi connectivity index (χ0v) is 13.8. The Hall–Kier alpha value is -2.75. The lowest BCUT2D eigenvalue weighted by Crippen LogP contribution is -1.97. The minimum atomic E-state index is 0.749. The Kier molecular flexibility index (Phi) is 3.82. The maximum atomic E-state index is 4.75. The van der Waals surface area contributed by atoms with Crippen molar-refractivity contribution in [1.82, 2.24) is 19.5 Å². The van der Waals surface area contributed by atoms with Crippen molar-refractivity contribution >= 4 is 16.5 Å². The molecule has 0 atom stereocenters. The third-order valence-electron chi connectivity index (χ3n) is 3.89. The van der Waals surface area contributed by atoms with Crippen LogP contribution in [0.4, 0.5) is 0 Å². The van der Waals surface area contributed by atoms with Gasteiger partial charge >= 0.3 is 0 Å². The second kappa shape index (κ2) is 5.80. The minimum Gasteiger partial charge on any atom is -0.342 e. The highest BCUT2D eigenvalue weighted by Gasteiger charge is 2.14. The molecule has 4 heteroatoms. The van der Waals surface area contributed by atoms with Crippen LogP contribution in [0, 0.1) is 13.8 Å². The molecule has 0 radical (unpaired) electrons. The molecule has 3 aromatic rings. The van der Waals surface area contributed by atoms with Gasteiger partial charge in [0.15, 0.2) is 0 Å². The Balaban J connectivity index is 2.28. The molecule has 3 aromatic heterocycles. The molecule has 3 heterocycles. The lowest BCUT2D eigenvalue weighted by atomic mass is 10.1. The normalized spacial score (nSPS) is 10.9. The molecule has 0 aromatic carbocycles. The molecular weight excluding hydrogens is 284 g/mol. The minimum absolute atomic E-state index is 0.749. The number of aryl methyl sites for hydroxylation is 2. The zero-order valence-electron chi connectivity index (χ0n) is 13.8. The first-order valence-electron chi connectivity index (χ1n) is 7.57. The maximum absolute atomic E-state index is 4.75. The standard InChI is InChI=1S/C19H20N4/c1-6-7-23-11-17(12(2)3)16-8-18(22-13(4)19(16)23)15-9-20-14(5)21-10-15/h6,8-11H,1-2,7H2,3-5H3. The number of fused-ring (bicyclic) bond motifs is 1. The molecule has 0 aliphatic rings. The second-order valence-corrected chi connectivity index (χ2v) is 5.77. The van der Waals surface area contributed by atoms with Crippen LogP contribution in [0.2, 0.25) is 0 Å². The summed E-state index contributed by atoms with van der Waals surface area (Å²) in [6, 6.07) is 2.10. The zero-order chi connectivity index (χ0) is 16.6. The van der Waals surface area contributed by atoms with E-state index in [1.807, 2.05) is 39.2 Å². The second-order valence-electron chi connectivity index (χ2n) is 5.77. The van der Waals surface area contributed by atoms with Gasteiger partial charge in [-0.2, -0.15) is 0 Å². The number of hydrogen-bond acceptors (Lipinski definition) is 3. The predicted molar refractivity (Wildman–Crippen MR) is 95.1 cm³/mol. The van der Waals surface area contributed by atoms with Gasteiger partial charge in [-0.05, 0) is 32.4 Å². The van der Waals surface area contributed by atoms with Gasteiger partial charge < -0.3 is 4.57 Å². The van der Waals surface area contributed by atoms with E-state index in [0.717, 1.165) is 51.4 Å². The summed E-state index contributed by atoms with van der Waals surface area (Å²) >= 11 is 0. The van der Waals surface area contributed by atoms with Crippen molar-refractivity contribution in [2.45, 2.75) is 27.3 Å². The van der Waals surface area contributed by atoms with Crippen molar-refractivity contribution < 1.29 is 0 Å². The fourth-order valence-corrected chi connectivity index (χ4v) is 2.82. The van der Waals surface area contributed by atoms with Gasteiger partial charge in [0, 0.05) is 41.6 Å². The number of nitrogens with zero attached hydrogens (tertiary/aromatic N) is 4. The van der Waals surface area contributed by atoms with E-state index >= 15 is 0 Å². The lowest BCUT2D eigenvalue weighted by Gasteiger charge is -2.07.